The van der Waals surface area contributed by atoms with Crippen LogP contribution in [0.15, 0.2) is 28.7 Å². The van der Waals surface area contributed by atoms with Gasteiger partial charge in [0.15, 0.2) is 0 Å². The van der Waals surface area contributed by atoms with Gasteiger partial charge in [0.1, 0.15) is 0 Å². The quantitative estimate of drug-likeness (QED) is 0.819. The van der Waals surface area contributed by atoms with Crippen molar-refractivity contribution in [3.05, 3.63) is 34.3 Å². The average molecular weight is 239 g/mol. The third-order valence-electron chi connectivity index (χ3n) is 1.63. The molecular weight excluding hydrogens is 228 g/mol. The summed E-state index contributed by atoms with van der Waals surface area (Å²) in [4.78, 5) is 0. The van der Waals surface area contributed by atoms with Crippen molar-refractivity contribution in [3.8, 4) is 6.07 Å². The zero-order valence-electron chi connectivity index (χ0n) is 7.26. The Morgan fingerprint density at radius 1 is 1.46 bits per heavy atom. The van der Waals surface area contributed by atoms with E-state index in [1.807, 2.05) is 12.1 Å². The number of nitriles is 1. The van der Waals surface area contributed by atoms with Gasteiger partial charge in [-0.25, -0.2) is 0 Å². The molecule has 1 N–H and O–H groups in total. The van der Waals surface area contributed by atoms with E-state index < -0.39 is 0 Å². The lowest BCUT2D eigenvalue weighted by molar-refractivity contribution is 0.699. The SMILES string of the molecule is N#CCCNCc1cccc(Br)c1. The maximum atomic E-state index is 8.31. The Bertz CT molecular complexity index is 304. The normalized spacial score (nSPS) is 9.54. The van der Waals surface area contributed by atoms with Crippen LogP contribution in [-0.4, -0.2) is 6.54 Å². The van der Waals surface area contributed by atoms with Gasteiger partial charge in [0, 0.05) is 24.0 Å². The van der Waals surface area contributed by atoms with Crippen molar-refractivity contribution in [2.45, 2.75) is 13.0 Å². The molecule has 0 bridgehead atoms. The molecule has 0 radical (unpaired) electrons. The van der Waals surface area contributed by atoms with Crippen molar-refractivity contribution in [1.82, 2.24) is 5.32 Å². The molecule has 0 amide bonds. The average Bonchev–Trinajstić information content (AvgIpc) is 2.13. The first kappa shape index (κ1) is 10.2. The molecule has 1 aromatic carbocycles. The Balaban J connectivity index is 2.33. The van der Waals surface area contributed by atoms with Crippen LogP contribution in [0.4, 0.5) is 0 Å². The van der Waals surface area contributed by atoms with Crippen molar-refractivity contribution in [2.24, 2.45) is 0 Å². The van der Waals surface area contributed by atoms with Crippen molar-refractivity contribution in [3.63, 3.8) is 0 Å². The van der Waals surface area contributed by atoms with Crippen LogP contribution in [0.2, 0.25) is 0 Å². The second kappa shape index (κ2) is 5.74. The van der Waals surface area contributed by atoms with E-state index in [1.54, 1.807) is 0 Å². The van der Waals surface area contributed by atoms with Crippen LogP contribution in [0.25, 0.3) is 0 Å². The van der Waals surface area contributed by atoms with Gasteiger partial charge in [-0.3, -0.25) is 0 Å². The summed E-state index contributed by atoms with van der Waals surface area (Å²) in [6.45, 7) is 1.57. The van der Waals surface area contributed by atoms with Crippen LogP contribution in [-0.2, 0) is 6.54 Å². The minimum absolute atomic E-state index is 0.563. The molecule has 0 fully saturated rings. The Kier molecular flexibility index (Phi) is 4.52. The van der Waals surface area contributed by atoms with E-state index in [-0.39, 0.29) is 0 Å². The maximum Gasteiger partial charge on any atom is 0.0635 e. The maximum absolute atomic E-state index is 8.31. The first-order chi connectivity index (χ1) is 6.33. The molecule has 68 valence electrons. The lowest BCUT2D eigenvalue weighted by Gasteiger charge is -2.02. The molecule has 1 rings (SSSR count). The van der Waals surface area contributed by atoms with E-state index in [2.05, 4.69) is 39.4 Å². The number of benzene rings is 1. The number of hydrogen-bond donors (Lipinski definition) is 1. The predicted octanol–water partition coefficient (Wildman–Crippen LogP) is 2.45. The molecule has 13 heavy (non-hydrogen) atoms. The van der Waals surface area contributed by atoms with Gasteiger partial charge < -0.3 is 5.32 Å². The zero-order chi connectivity index (χ0) is 9.52. The van der Waals surface area contributed by atoms with Crippen LogP contribution in [0.1, 0.15) is 12.0 Å². The van der Waals surface area contributed by atoms with Crippen molar-refractivity contribution < 1.29 is 0 Å². The molecule has 0 unspecified atom stereocenters. The van der Waals surface area contributed by atoms with Crippen molar-refractivity contribution >= 4 is 15.9 Å². The summed E-state index contributed by atoms with van der Waals surface area (Å²) in [5.41, 5.74) is 1.23. The Hall–Kier alpha value is -0.850. The second-order valence-electron chi connectivity index (χ2n) is 2.71. The van der Waals surface area contributed by atoms with E-state index in [0.717, 1.165) is 17.6 Å². The molecule has 0 spiro atoms. The van der Waals surface area contributed by atoms with Crippen LogP contribution < -0.4 is 5.32 Å². The first-order valence-corrected chi connectivity index (χ1v) is 4.94. The minimum Gasteiger partial charge on any atom is -0.312 e. The van der Waals surface area contributed by atoms with E-state index in [9.17, 15) is 0 Å². The largest absolute Gasteiger partial charge is 0.312 e. The van der Waals surface area contributed by atoms with Crippen LogP contribution >= 0.6 is 15.9 Å². The summed E-state index contributed by atoms with van der Waals surface area (Å²) < 4.78 is 1.09. The van der Waals surface area contributed by atoms with Crippen LogP contribution in [0.3, 0.4) is 0 Å². The Morgan fingerprint density at radius 3 is 3.00 bits per heavy atom. The lowest BCUT2D eigenvalue weighted by Crippen LogP contribution is -2.13. The fraction of sp³-hybridized carbons (Fsp3) is 0.300. The molecule has 0 saturated carbocycles. The second-order valence-corrected chi connectivity index (χ2v) is 3.63. The molecular formula is C10H11BrN2. The van der Waals surface area contributed by atoms with E-state index >= 15 is 0 Å². The summed E-state index contributed by atoms with van der Waals surface area (Å²) in [6.07, 6.45) is 0.563. The van der Waals surface area contributed by atoms with Gasteiger partial charge in [0.05, 0.1) is 6.07 Å². The highest BCUT2D eigenvalue weighted by molar-refractivity contribution is 9.10. The zero-order valence-corrected chi connectivity index (χ0v) is 8.84. The molecule has 0 aromatic heterocycles. The molecule has 0 atom stereocenters. The van der Waals surface area contributed by atoms with Crippen LogP contribution in [0.5, 0.6) is 0 Å². The van der Waals surface area contributed by atoms with Crippen molar-refractivity contribution in [2.75, 3.05) is 6.54 Å². The third-order valence-corrected chi connectivity index (χ3v) is 2.12. The Labute approximate surface area is 86.7 Å². The predicted molar refractivity (Wildman–Crippen MR) is 56.1 cm³/mol. The number of nitrogens with zero attached hydrogens (tertiary/aromatic N) is 1. The highest BCUT2D eigenvalue weighted by Gasteiger charge is 1.92. The molecule has 1 aromatic rings. The first-order valence-electron chi connectivity index (χ1n) is 4.15. The van der Waals surface area contributed by atoms with E-state index in [1.165, 1.54) is 5.56 Å². The smallest absolute Gasteiger partial charge is 0.0635 e. The topological polar surface area (TPSA) is 35.8 Å². The molecule has 0 aliphatic rings. The molecule has 2 nitrogen and oxygen atoms in total. The summed E-state index contributed by atoms with van der Waals surface area (Å²) in [7, 11) is 0. The number of hydrogen-bond acceptors (Lipinski definition) is 2. The molecule has 0 saturated heterocycles. The summed E-state index contributed by atoms with van der Waals surface area (Å²) in [5.74, 6) is 0. The van der Waals surface area contributed by atoms with Gasteiger partial charge in [-0.1, -0.05) is 28.1 Å². The van der Waals surface area contributed by atoms with Gasteiger partial charge >= 0.3 is 0 Å². The molecule has 0 aliphatic heterocycles. The fourth-order valence-corrected chi connectivity index (χ4v) is 1.47. The highest BCUT2D eigenvalue weighted by Crippen LogP contribution is 2.11. The monoisotopic (exact) mass is 238 g/mol. The molecule has 0 aliphatic carbocycles. The highest BCUT2D eigenvalue weighted by atomic mass is 79.9. The lowest BCUT2D eigenvalue weighted by atomic mass is 10.2. The summed E-state index contributed by atoms with van der Waals surface area (Å²) >= 11 is 3.40. The minimum atomic E-state index is 0.563. The van der Waals surface area contributed by atoms with Gasteiger partial charge in [-0.05, 0) is 17.7 Å². The number of rotatable bonds is 4. The van der Waals surface area contributed by atoms with E-state index in [0.29, 0.717) is 6.42 Å². The standard InChI is InChI=1S/C10H11BrN2/c11-10-4-1-3-9(7-10)8-13-6-2-5-12/h1,3-4,7,13H,2,6,8H2. The fourth-order valence-electron chi connectivity index (χ4n) is 1.02. The molecule has 3 heteroatoms. The number of nitrogens with one attached hydrogen (secondary N) is 1. The van der Waals surface area contributed by atoms with Gasteiger partial charge in [0.2, 0.25) is 0 Å². The van der Waals surface area contributed by atoms with Gasteiger partial charge in [-0.2, -0.15) is 5.26 Å². The van der Waals surface area contributed by atoms with Gasteiger partial charge in [0.25, 0.3) is 0 Å². The van der Waals surface area contributed by atoms with Gasteiger partial charge in [-0.15, -0.1) is 0 Å². The third kappa shape index (κ3) is 4.07. The van der Waals surface area contributed by atoms with Crippen molar-refractivity contribution in [1.29, 1.82) is 5.26 Å². The molecule has 0 heterocycles. The number of halogens is 1. The summed E-state index contributed by atoms with van der Waals surface area (Å²) in [5, 5.41) is 11.5. The van der Waals surface area contributed by atoms with E-state index in [4.69, 9.17) is 5.26 Å². The Morgan fingerprint density at radius 2 is 2.31 bits per heavy atom. The summed E-state index contributed by atoms with van der Waals surface area (Å²) in [6, 6.07) is 10.2. The van der Waals surface area contributed by atoms with Crippen LogP contribution in [0, 0.1) is 11.3 Å².